The van der Waals surface area contributed by atoms with Crippen LogP contribution in [-0.2, 0) is 4.74 Å². The van der Waals surface area contributed by atoms with E-state index < -0.39 is 5.97 Å². The summed E-state index contributed by atoms with van der Waals surface area (Å²) >= 11 is 0. The Kier molecular flexibility index (Phi) is 5.24. The molecular formula is C22H21N5O4. The van der Waals surface area contributed by atoms with Crippen LogP contribution in [-0.4, -0.2) is 42.8 Å². The van der Waals surface area contributed by atoms with Crippen LogP contribution in [0.5, 0.6) is 0 Å². The number of carbonyl (C=O) groups excluding carboxylic acids is 2. The molecule has 4 heterocycles. The van der Waals surface area contributed by atoms with Gasteiger partial charge in [0.15, 0.2) is 18.2 Å². The van der Waals surface area contributed by atoms with Gasteiger partial charge in [0.05, 0.1) is 11.9 Å². The molecule has 9 nitrogen and oxygen atoms in total. The quantitative estimate of drug-likeness (QED) is 0.349. The zero-order chi connectivity index (χ0) is 22.1. The summed E-state index contributed by atoms with van der Waals surface area (Å²) in [5.41, 5.74) is 2.85. The van der Waals surface area contributed by atoms with E-state index in [1.54, 1.807) is 49.0 Å². The minimum Gasteiger partial charge on any atom is -0.454 e. The van der Waals surface area contributed by atoms with Gasteiger partial charge in [0, 0.05) is 29.2 Å². The molecule has 0 N–H and O–H groups in total. The van der Waals surface area contributed by atoms with Crippen molar-refractivity contribution >= 4 is 11.8 Å². The van der Waals surface area contributed by atoms with E-state index in [1.807, 2.05) is 24.5 Å². The Balaban J connectivity index is 1.49. The summed E-state index contributed by atoms with van der Waals surface area (Å²) < 4.78 is 13.8. The van der Waals surface area contributed by atoms with Crippen molar-refractivity contribution < 1.29 is 18.8 Å². The number of aromatic nitrogens is 5. The molecule has 0 bridgehead atoms. The van der Waals surface area contributed by atoms with Crippen LogP contribution in [0.2, 0.25) is 0 Å². The Morgan fingerprint density at radius 1 is 1.03 bits per heavy atom. The lowest BCUT2D eigenvalue weighted by atomic mass is 10.1. The monoisotopic (exact) mass is 419 g/mol. The third kappa shape index (κ3) is 3.77. The number of esters is 1. The second-order valence-corrected chi connectivity index (χ2v) is 7.16. The lowest BCUT2D eigenvalue weighted by Crippen LogP contribution is -2.15. The van der Waals surface area contributed by atoms with Gasteiger partial charge in [-0.15, -0.1) is 0 Å². The van der Waals surface area contributed by atoms with E-state index in [1.165, 1.54) is 6.20 Å². The van der Waals surface area contributed by atoms with Crippen LogP contribution in [0.1, 0.15) is 43.6 Å². The first-order valence-electron chi connectivity index (χ1n) is 9.65. The maximum Gasteiger partial charge on any atom is 0.342 e. The Hall–Kier alpha value is -4.01. The first-order valence-corrected chi connectivity index (χ1v) is 9.65. The number of carbonyl (C=O) groups is 2. The van der Waals surface area contributed by atoms with Crippen molar-refractivity contribution in [1.82, 2.24) is 24.5 Å². The summed E-state index contributed by atoms with van der Waals surface area (Å²) in [7, 11) is 0. The van der Waals surface area contributed by atoms with Crippen LogP contribution < -0.4 is 0 Å². The summed E-state index contributed by atoms with van der Waals surface area (Å²) in [6.45, 7) is 6.85. The van der Waals surface area contributed by atoms with Gasteiger partial charge in [-0.25, -0.2) is 14.5 Å². The number of hydrogen-bond donors (Lipinski definition) is 0. The van der Waals surface area contributed by atoms with Crippen molar-refractivity contribution in [2.45, 2.75) is 27.7 Å². The summed E-state index contributed by atoms with van der Waals surface area (Å²) in [5, 5.41) is 8.21. The van der Waals surface area contributed by atoms with Gasteiger partial charge in [0.25, 0.3) is 0 Å². The van der Waals surface area contributed by atoms with Crippen molar-refractivity contribution in [2.75, 3.05) is 6.61 Å². The van der Waals surface area contributed by atoms with Gasteiger partial charge in [-0.1, -0.05) is 11.2 Å². The SMILES string of the molecule is Cc1cc(-n2c(C)cc(C(=O)COC(=O)c3cnn(-c4ccccn4)c3C)c2C)no1. The summed E-state index contributed by atoms with van der Waals surface area (Å²) in [4.78, 5) is 29.5. The van der Waals surface area contributed by atoms with Gasteiger partial charge in [-0.05, 0) is 45.9 Å². The lowest BCUT2D eigenvalue weighted by molar-refractivity contribution is 0.0473. The second-order valence-electron chi connectivity index (χ2n) is 7.16. The van der Waals surface area contributed by atoms with Crippen molar-refractivity contribution in [2.24, 2.45) is 0 Å². The zero-order valence-electron chi connectivity index (χ0n) is 17.6. The molecule has 0 aliphatic rings. The molecule has 0 fully saturated rings. The predicted octanol–water partition coefficient (Wildman–Crippen LogP) is 3.32. The highest BCUT2D eigenvalue weighted by Gasteiger charge is 2.22. The summed E-state index contributed by atoms with van der Waals surface area (Å²) in [6, 6.07) is 8.95. The highest BCUT2D eigenvalue weighted by atomic mass is 16.5. The van der Waals surface area contributed by atoms with Gasteiger partial charge < -0.3 is 9.26 Å². The molecule has 0 aliphatic heterocycles. The van der Waals surface area contributed by atoms with E-state index in [-0.39, 0.29) is 18.0 Å². The fourth-order valence-corrected chi connectivity index (χ4v) is 3.46. The average Bonchev–Trinajstić information content (AvgIpc) is 3.43. The molecule has 4 aromatic rings. The number of pyridine rings is 1. The fourth-order valence-electron chi connectivity index (χ4n) is 3.46. The van der Waals surface area contributed by atoms with Crippen molar-refractivity contribution in [1.29, 1.82) is 0 Å². The van der Waals surface area contributed by atoms with Gasteiger partial charge in [-0.2, -0.15) is 5.10 Å². The van der Waals surface area contributed by atoms with Crippen LogP contribution in [0.25, 0.3) is 11.6 Å². The van der Waals surface area contributed by atoms with E-state index in [2.05, 4.69) is 15.2 Å². The molecular weight excluding hydrogens is 398 g/mol. The predicted molar refractivity (Wildman–Crippen MR) is 111 cm³/mol. The van der Waals surface area contributed by atoms with Crippen LogP contribution in [0, 0.1) is 27.7 Å². The van der Waals surface area contributed by atoms with Crippen molar-refractivity contribution in [3.05, 3.63) is 76.7 Å². The molecule has 4 aromatic heterocycles. The van der Waals surface area contributed by atoms with Crippen LogP contribution in [0.15, 0.2) is 47.2 Å². The Morgan fingerprint density at radius 2 is 1.84 bits per heavy atom. The summed E-state index contributed by atoms with van der Waals surface area (Å²) in [5.74, 6) is 0.939. The Labute approximate surface area is 178 Å². The third-order valence-electron chi connectivity index (χ3n) is 5.01. The molecule has 4 rings (SSSR count). The minimum atomic E-state index is -0.617. The largest absolute Gasteiger partial charge is 0.454 e. The average molecular weight is 419 g/mol. The number of hydrogen-bond acceptors (Lipinski definition) is 7. The molecule has 0 saturated heterocycles. The van der Waals surface area contributed by atoms with Gasteiger partial charge in [0.2, 0.25) is 5.78 Å². The number of rotatable bonds is 6. The molecule has 9 heteroatoms. The molecule has 0 amide bonds. The summed E-state index contributed by atoms with van der Waals surface area (Å²) in [6.07, 6.45) is 3.06. The maximum absolute atomic E-state index is 12.7. The molecule has 0 atom stereocenters. The molecule has 31 heavy (non-hydrogen) atoms. The van der Waals surface area contributed by atoms with Crippen LogP contribution in [0.4, 0.5) is 0 Å². The first kappa shape index (κ1) is 20.3. The molecule has 0 unspecified atom stereocenters. The van der Waals surface area contributed by atoms with Crippen LogP contribution in [0.3, 0.4) is 0 Å². The Bertz CT molecular complexity index is 1270. The molecule has 158 valence electrons. The number of Topliss-reactive ketones (excluding diaryl/α,β-unsaturated/α-hetero) is 1. The minimum absolute atomic E-state index is 0.280. The number of ketones is 1. The fraction of sp³-hybridized carbons (Fsp3) is 0.227. The number of ether oxygens (including phenoxy) is 1. The first-order chi connectivity index (χ1) is 14.9. The lowest BCUT2D eigenvalue weighted by Gasteiger charge is -2.06. The molecule has 0 radical (unpaired) electrons. The maximum atomic E-state index is 12.7. The molecule has 0 saturated carbocycles. The highest BCUT2D eigenvalue weighted by Crippen LogP contribution is 2.21. The van der Waals surface area contributed by atoms with E-state index in [0.717, 1.165) is 5.69 Å². The van der Waals surface area contributed by atoms with E-state index >= 15 is 0 Å². The number of aryl methyl sites for hydroxylation is 2. The molecule has 0 spiro atoms. The normalized spacial score (nSPS) is 11.0. The number of nitrogens with zero attached hydrogens (tertiary/aromatic N) is 5. The van der Waals surface area contributed by atoms with Gasteiger partial charge in [-0.3, -0.25) is 9.36 Å². The Morgan fingerprint density at radius 3 is 2.52 bits per heavy atom. The highest BCUT2D eigenvalue weighted by molar-refractivity contribution is 6.00. The zero-order valence-corrected chi connectivity index (χ0v) is 17.6. The topological polar surface area (TPSA) is 105 Å². The van der Waals surface area contributed by atoms with E-state index in [9.17, 15) is 9.59 Å². The van der Waals surface area contributed by atoms with Crippen molar-refractivity contribution in [3.8, 4) is 11.6 Å². The van der Waals surface area contributed by atoms with Crippen molar-refractivity contribution in [3.63, 3.8) is 0 Å². The van der Waals surface area contributed by atoms with Crippen LogP contribution >= 0.6 is 0 Å². The van der Waals surface area contributed by atoms with Gasteiger partial charge in [0.1, 0.15) is 11.3 Å². The van der Waals surface area contributed by atoms with E-state index in [4.69, 9.17) is 9.26 Å². The van der Waals surface area contributed by atoms with E-state index in [0.29, 0.717) is 34.3 Å². The second kappa shape index (κ2) is 8.02. The van der Waals surface area contributed by atoms with Gasteiger partial charge >= 0.3 is 5.97 Å². The standard InChI is InChI=1S/C22H21N5O4/c1-13-9-17(15(3)26(13)21-10-14(2)31-25-21)19(28)12-30-22(29)18-11-24-27(16(18)4)20-7-5-6-8-23-20/h5-11H,12H2,1-4H3. The third-order valence-corrected chi connectivity index (χ3v) is 5.01. The smallest absolute Gasteiger partial charge is 0.342 e. The molecule has 0 aromatic carbocycles. The molecule has 0 aliphatic carbocycles.